The van der Waals surface area contributed by atoms with Gasteiger partial charge in [0.2, 0.25) is 0 Å². The van der Waals surface area contributed by atoms with E-state index in [1.54, 1.807) is 18.5 Å². The lowest BCUT2D eigenvalue weighted by molar-refractivity contribution is 0.473. The van der Waals surface area contributed by atoms with Crippen LogP contribution in [0.5, 0.6) is 5.75 Å². The van der Waals surface area contributed by atoms with Crippen LogP contribution in [0.15, 0.2) is 49.1 Å². The van der Waals surface area contributed by atoms with E-state index < -0.39 is 0 Å². The smallest absolute Gasteiger partial charge is 0.137 e. The quantitative estimate of drug-likeness (QED) is 0.670. The first kappa shape index (κ1) is 8.91. The normalized spacial score (nSPS) is 10.8. The highest BCUT2D eigenvalue weighted by molar-refractivity contribution is 5.63. The molecule has 0 saturated heterocycles. The molecule has 4 heteroatoms. The number of hydrogen-bond acceptors (Lipinski definition) is 3. The highest BCUT2D eigenvalue weighted by Gasteiger charge is 2.04. The molecule has 0 aliphatic carbocycles. The Balaban J connectivity index is 2.29. The molecule has 0 unspecified atom stereocenters. The fourth-order valence-corrected chi connectivity index (χ4v) is 1.75. The Hall–Kier alpha value is -2.36. The lowest BCUT2D eigenvalue weighted by Crippen LogP contribution is -1.90. The van der Waals surface area contributed by atoms with Crippen LogP contribution in [0.4, 0.5) is 0 Å². The van der Waals surface area contributed by atoms with E-state index in [0.29, 0.717) is 0 Å². The van der Waals surface area contributed by atoms with Crippen LogP contribution in [0.1, 0.15) is 0 Å². The summed E-state index contributed by atoms with van der Waals surface area (Å²) in [4.78, 5) is 8.18. The molecule has 3 rings (SSSR count). The molecule has 0 bridgehead atoms. The van der Waals surface area contributed by atoms with Crippen molar-refractivity contribution >= 4 is 5.65 Å². The zero-order chi connectivity index (χ0) is 11.0. The number of pyridine rings is 2. The van der Waals surface area contributed by atoms with E-state index in [-0.39, 0.29) is 5.75 Å². The lowest BCUT2D eigenvalue weighted by atomic mass is 10.2. The van der Waals surface area contributed by atoms with Gasteiger partial charge >= 0.3 is 0 Å². The Morgan fingerprint density at radius 3 is 3.00 bits per heavy atom. The van der Waals surface area contributed by atoms with Gasteiger partial charge in [-0.2, -0.15) is 0 Å². The van der Waals surface area contributed by atoms with Crippen LogP contribution in [-0.4, -0.2) is 19.5 Å². The molecule has 0 fully saturated rings. The monoisotopic (exact) mass is 211 g/mol. The van der Waals surface area contributed by atoms with Crippen molar-refractivity contribution in [2.75, 3.05) is 0 Å². The summed E-state index contributed by atoms with van der Waals surface area (Å²) in [6, 6.07) is 7.51. The Kier molecular flexibility index (Phi) is 1.86. The Bertz CT molecular complexity index is 645. The maximum Gasteiger partial charge on any atom is 0.137 e. The summed E-state index contributed by atoms with van der Waals surface area (Å²) in [6.07, 6.45) is 6.76. The van der Waals surface area contributed by atoms with Crippen LogP contribution < -0.4 is 0 Å². The molecule has 0 aliphatic rings. The lowest BCUT2D eigenvalue weighted by Gasteiger charge is -2.05. The maximum atomic E-state index is 9.41. The van der Waals surface area contributed by atoms with Crippen LogP contribution in [0.25, 0.3) is 16.9 Å². The average molecular weight is 211 g/mol. The van der Waals surface area contributed by atoms with Crippen LogP contribution in [0.3, 0.4) is 0 Å². The predicted molar refractivity (Wildman–Crippen MR) is 60.1 cm³/mol. The summed E-state index contributed by atoms with van der Waals surface area (Å²) < 4.78 is 1.95. The summed E-state index contributed by atoms with van der Waals surface area (Å²) >= 11 is 0. The molecular formula is C12H9N3O. The predicted octanol–water partition coefficient (Wildman–Crippen LogP) is 2.10. The van der Waals surface area contributed by atoms with Gasteiger partial charge in [0, 0.05) is 24.2 Å². The van der Waals surface area contributed by atoms with Gasteiger partial charge in [0.15, 0.2) is 0 Å². The van der Waals surface area contributed by atoms with E-state index >= 15 is 0 Å². The van der Waals surface area contributed by atoms with Crippen LogP contribution in [0, 0.1) is 0 Å². The number of fused-ring (bicyclic) bond motifs is 1. The van der Waals surface area contributed by atoms with Crippen molar-refractivity contribution in [1.29, 1.82) is 0 Å². The van der Waals surface area contributed by atoms with Gasteiger partial charge in [0.05, 0.1) is 11.9 Å². The number of nitrogens with zero attached hydrogens (tertiary/aromatic N) is 3. The molecule has 4 nitrogen and oxygen atoms in total. The van der Waals surface area contributed by atoms with E-state index in [1.165, 1.54) is 6.20 Å². The molecular weight excluding hydrogens is 202 g/mol. The third-order valence-corrected chi connectivity index (χ3v) is 2.45. The van der Waals surface area contributed by atoms with E-state index in [9.17, 15) is 5.11 Å². The average Bonchev–Trinajstić information content (AvgIpc) is 2.76. The number of aromatic nitrogens is 3. The summed E-state index contributed by atoms with van der Waals surface area (Å²) in [7, 11) is 0. The first-order valence-electron chi connectivity index (χ1n) is 4.91. The Morgan fingerprint density at radius 2 is 2.12 bits per heavy atom. The molecule has 16 heavy (non-hydrogen) atoms. The highest BCUT2D eigenvalue weighted by atomic mass is 16.3. The first-order valence-corrected chi connectivity index (χ1v) is 4.91. The van der Waals surface area contributed by atoms with E-state index in [2.05, 4.69) is 9.97 Å². The molecule has 78 valence electrons. The maximum absolute atomic E-state index is 9.41. The molecule has 3 aromatic heterocycles. The van der Waals surface area contributed by atoms with E-state index in [4.69, 9.17) is 0 Å². The Morgan fingerprint density at radius 1 is 1.19 bits per heavy atom. The molecule has 0 saturated carbocycles. The minimum atomic E-state index is 0.162. The van der Waals surface area contributed by atoms with Crippen LogP contribution in [-0.2, 0) is 0 Å². The van der Waals surface area contributed by atoms with Crippen molar-refractivity contribution in [2.45, 2.75) is 0 Å². The minimum Gasteiger partial charge on any atom is -0.506 e. The van der Waals surface area contributed by atoms with Crippen molar-refractivity contribution in [2.24, 2.45) is 0 Å². The zero-order valence-corrected chi connectivity index (χ0v) is 8.41. The topological polar surface area (TPSA) is 50.4 Å². The summed E-state index contributed by atoms with van der Waals surface area (Å²) in [5.41, 5.74) is 2.70. The Labute approximate surface area is 91.8 Å². The second kappa shape index (κ2) is 3.34. The molecule has 0 spiro atoms. The standard InChI is InChI=1S/C12H9N3O/c16-10-6-9(7-13-8-10)11-2-1-3-12-14-4-5-15(11)12/h1-8,16H. The summed E-state index contributed by atoms with van der Waals surface area (Å²) in [6.45, 7) is 0. The van der Waals surface area contributed by atoms with Crippen LogP contribution >= 0.6 is 0 Å². The number of hydrogen-bond donors (Lipinski definition) is 1. The van der Waals surface area contributed by atoms with Crippen molar-refractivity contribution in [1.82, 2.24) is 14.4 Å². The van der Waals surface area contributed by atoms with Gasteiger partial charge in [0.1, 0.15) is 11.4 Å². The van der Waals surface area contributed by atoms with E-state index in [1.807, 2.05) is 28.8 Å². The van der Waals surface area contributed by atoms with Gasteiger partial charge in [0.25, 0.3) is 0 Å². The molecule has 3 aromatic rings. The van der Waals surface area contributed by atoms with Crippen molar-refractivity contribution in [3.8, 4) is 17.0 Å². The van der Waals surface area contributed by atoms with Gasteiger partial charge in [-0.25, -0.2) is 4.98 Å². The number of rotatable bonds is 1. The zero-order valence-electron chi connectivity index (χ0n) is 8.41. The first-order chi connectivity index (χ1) is 7.84. The van der Waals surface area contributed by atoms with Gasteiger partial charge in [-0.05, 0) is 18.2 Å². The molecule has 1 N–H and O–H groups in total. The van der Waals surface area contributed by atoms with Gasteiger partial charge < -0.3 is 5.11 Å². The molecule has 0 aromatic carbocycles. The van der Waals surface area contributed by atoms with Gasteiger partial charge in [-0.15, -0.1) is 0 Å². The SMILES string of the molecule is Oc1cncc(-c2cccc3nccn23)c1. The van der Waals surface area contributed by atoms with Gasteiger partial charge in [-0.1, -0.05) is 6.07 Å². The fraction of sp³-hybridized carbons (Fsp3) is 0. The molecule has 0 atom stereocenters. The number of aromatic hydroxyl groups is 1. The third kappa shape index (κ3) is 1.32. The fourth-order valence-electron chi connectivity index (χ4n) is 1.75. The second-order valence-electron chi connectivity index (χ2n) is 3.50. The summed E-state index contributed by atoms with van der Waals surface area (Å²) in [5.74, 6) is 0.162. The molecule has 3 heterocycles. The molecule has 0 radical (unpaired) electrons. The highest BCUT2D eigenvalue weighted by Crippen LogP contribution is 2.22. The largest absolute Gasteiger partial charge is 0.506 e. The van der Waals surface area contributed by atoms with E-state index in [0.717, 1.165) is 16.9 Å². The van der Waals surface area contributed by atoms with Crippen LogP contribution in [0.2, 0.25) is 0 Å². The van der Waals surface area contributed by atoms with Crippen molar-refractivity contribution < 1.29 is 5.11 Å². The minimum absolute atomic E-state index is 0.162. The summed E-state index contributed by atoms with van der Waals surface area (Å²) in [5, 5.41) is 9.41. The molecule has 0 aliphatic heterocycles. The van der Waals surface area contributed by atoms with Gasteiger partial charge in [-0.3, -0.25) is 9.38 Å². The second-order valence-corrected chi connectivity index (χ2v) is 3.50. The third-order valence-electron chi connectivity index (χ3n) is 2.45. The number of imidazole rings is 1. The van der Waals surface area contributed by atoms with Crippen molar-refractivity contribution in [3.63, 3.8) is 0 Å². The van der Waals surface area contributed by atoms with Crippen molar-refractivity contribution in [3.05, 3.63) is 49.1 Å². The molecule has 0 amide bonds.